The Kier molecular flexibility index (Phi) is 4.59. The molecular weight excluding hydrogens is 296 g/mol. The van der Waals surface area contributed by atoms with Gasteiger partial charge in [-0.15, -0.1) is 11.3 Å². The lowest BCUT2D eigenvalue weighted by atomic mass is 10.4. The predicted molar refractivity (Wildman–Crippen MR) is 79.1 cm³/mol. The lowest BCUT2D eigenvalue weighted by Gasteiger charge is -2.10. The number of H-pyrrole nitrogens is 1. The first-order valence-corrected chi connectivity index (χ1v) is 8.49. The summed E-state index contributed by atoms with van der Waals surface area (Å²) in [4.78, 5) is 8.44. The van der Waals surface area contributed by atoms with Crippen molar-refractivity contribution in [2.24, 2.45) is 0 Å². The normalized spacial score (nSPS) is 13.6. The van der Waals surface area contributed by atoms with Crippen LogP contribution in [0.5, 0.6) is 0 Å². The number of nitrogens with one attached hydrogen (secondary N) is 3. The van der Waals surface area contributed by atoms with Crippen molar-refractivity contribution in [3.63, 3.8) is 0 Å². The number of aromatic nitrogens is 2. The molecule has 8 heteroatoms. The van der Waals surface area contributed by atoms with Crippen LogP contribution in [-0.2, 0) is 16.6 Å². The van der Waals surface area contributed by atoms with E-state index in [1.807, 2.05) is 6.92 Å². The Labute approximate surface area is 122 Å². The Morgan fingerprint density at radius 2 is 2.25 bits per heavy atom. The average Bonchev–Trinajstić information content (AvgIpc) is 2.98. The van der Waals surface area contributed by atoms with Crippen LogP contribution in [-0.4, -0.2) is 25.4 Å². The van der Waals surface area contributed by atoms with Crippen LogP contribution in [0.3, 0.4) is 0 Å². The van der Waals surface area contributed by atoms with Crippen LogP contribution in [0.25, 0.3) is 0 Å². The molecule has 2 heterocycles. The van der Waals surface area contributed by atoms with Crippen LogP contribution in [0.4, 0.5) is 0 Å². The van der Waals surface area contributed by atoms with Crippen LogP contribution in [0.15, 0.2) is 23.4 Å². The number of thiazole rings is 1. The SMILES string of the molecule is CNCc1cc(S(=O)(=O)NC(C)c2ncc(C)s2)c[nH]1. The second-order valence-electron chi connectivity index (χ2n) is 4.54. The van der Waals surface area contributed by atoms with E-state index in [1.165, 1.54) is 17.5 Å². The van der Waals surface area contributed by atoms with Gasteiger partial charge in [0.25, 0.3) is 0 Å². The summed E-state index contributed by atoms with van der Waals surface area (Å²) in [6.45, 7) is 4.33. The van der Waals surface area contributed by atoms with Crippen LogP contribution in [0.2, 0.25) is 0 Å². The Hall–Kier alpha value is -1.22. The van der Waals surface area contributed by atoms with E-state index in [2.05, 4.69) is 20.0 Å². The fourth-order valence-electron chi connectivity index (χ4n) is 1.79. The molecular formula is C12H18N4O2S2. The predicted octanol–water partition coefficient (Wildman–Crippen LogP) is 1.54. The first kappa shape index (κ1) is 15.2. The van der Waals surface area contributed by atoms with Crippen molar-refractivity contribution in [1.29, 1.82) is 0 Å². The molecule has 1 unspecified atom stereocenters. The number of rotatable bonds is 6. The van der Waals surface area contributed by atoms with Gasteiger partial charge in [0.1, 0.15) is 5.01 Å². The molecule has 0 aliphatic rings. The molecule has 0 radical (unpaired) electrons. The van der Waals surface area contributed by atoms with Gasteiger partial charge in [-0.1, -0.05) is 0 Å². The van der Waals surface area contributed by atoms with Crippen molar-refractivity contribution in [3.05, 3.63) is 34.0 Å². The van der Waals surface area contributed by atoms with Crippen molar-refractivity contribution in [3.8, 4) is 0 Å². The zero-order valence-electron chi connectivity index (χ0n) is 11.6. The van der Waals surface area contributed by atoms with E-state index in [0.29, 0.717) is 6.54 Å². The molecule has 0 aromatic carbocycles. The van der Waals surface area contributed by atoms with Crippen molar-refractivity contribution < 1.29 is 8.42 Å². The van der Waals surface area contributed by atoms with Crippen LogP contribution in [0, 0.1) is 6.92 Å². The maximum absolute atomic E-state index is 12.3. The maximum Gasteiger partial charge on any atom is 0.242 e. The summed E-state index contributed by atoms with van der Waals surface area (Å²) in [6, 6.07) is 1.28. The van der Waals surface area contributed by atoms with Gasteiger partial charge in [0.2, 0.25) is 10.0 Å². The topological polar surface area (TPSA) is 86.9 Å². The third-order valence-electron chi connectivity index (χ3n) is 2.74. The van der Waals surface area contributed by atoms with Crippen molar-refractivity contribution in [2.45, 2.75) is 31.3 Å². The molecule has 0 amide bonds. The highest BCUT2D eigenvalue weighted by Gasteiger charge is 2.21. The van der Waals surface area contributed by atoms with Gasteiger partial charge in [-0.05, 0) is 27.0 Å². The number of hydrogen-bond donors (Lipinski definition) is 3. The molecule has 0 aliphatic carbocycles. The molecule has 2 aromatic heterocycles. The summed E-state index contributed by atoms with van der Waals surface area (Å²) in [5.74, 6) is 0. The fraction of sp³-hybridized carbons (Fsp3) is 0.417. The summed E-state index contributed by atoms with van der Waals surface area (Å²) in [6.07, 6.45) is 3.24. The minimum atomic E-state index is -3.54. The van der Waals surface area contributed by atoms with E-state index in [9.17, 15) is 8.42 Å². The molecule has 0 fully saturated rings. The quantitative estimate of drug-likeness (QED) is 0.755. The minimum absolute atomic E-state index is 0.239. The molecule has 6 nitrogen and oxygen atoms in total. The highest BCUT2D eigenvalue weighted by molar-refractivity contribution is 7.89. The molecule has 3 N–H and O–H groups in total. The molecule has 0 bridgehead atoms. The smallest absolute Gasteiger partial charge is 0.242 e. The first-order chi connectivity index (χ1) is 9.42. The summed E-state index contributed by atoms with van der Waals surface area (Å²) in [7, 11) is -1.73. The Morgan fingerprint density at radius 3 is 2.85 bits per heavy atom. The van der Waals surface area contributed by atoms with Crippen molar-refractivity contribution in [2.75, 3.05) is 7.05 Å². The summed E-state index contributed by atoms with van der Waals surface area (Å²) >= 11 is 1.49. The van der Waals surface area contributed by atoms with Crippen LogP contribution in [0.1, 0.15) is 28.5 Å². The second kappa shape index (κ2) is 6.04. The fourth-order valence-corrected chi connectivity index (χ4v) is 3.87. The second-order valence-corrected chi connectivity index (χ2v) is 7.52. The molecule has 0 spiro atoms. The lowest BCUT2D eigenvalue weighted by Crippen LogP contribution is -2.26. The Bertz CT molecular complexity index is 675. The highest BCUT2D eigenvalue weighted by atomic mass is 32.2. The van der Waals surface area contributed by atoms with E-state index in [-0.39, 0.29) is 10.9 Å². The molecule has 2 aromatic rings. The van der Waals surface area contributed by atoms with E-state index in [0.717, 1.165) is 15.6 Å². The maximum atomic E-state index is 12.3. The van der Waals surface area contributed by atoms with Crippen molar-refractivity contribution >= 4 is 21.4 Å². The van der Waals surface area contributed by atoms with Gasteiger partial charge in [0.15, 0.2) is 0 Å². The Balaban J connectivity index is 2.13. The molecule has 2 rings (SSSR count). The van der Waals surface area contributed by atoms with Gasteiger partial charge in [0.05, 0.1) is 10.9 Å². The zero-order chi connectivity index (χ0) is 14.8. The molecule has 0 aliphatic heterocycles. The van der Waals surface area contributed by atoms with Gasteiger partial charge >= 0.3 is 0 Å². The average molecular weight is 314 g/mol. The van der Waals surface area contributed by atoms with Crippen LogP contribution >= 0.6 is 11.3 Å². The largest absolute Gasteiger partial charge is 0.363 e. The third-order valence-corrected chi connectivity index (χ3v) is 5.35. The number of nitrogens with zero attached hydrogens (tertiary/aromatic N) is 1. The number of hydrogen-bond acceptors (Lipinski definition) is 5. The monoisotopic (exact) mass is 314 g/mol. The van der Waals surface area contributed by atoms with E-state index in [4.69, 9.17) is 0 Å². The van der Waals surface area contributed by atoms with Gasteiger partial charge in [-0.25, -0.2) is 18.1 Å². The molecule has 20 heavy (non-hydrogen) atoms. The minimum Gasteiger partial charge on any atom is -0.363 e. The number of aromatic amines is 1. The first-order valence-electron chi connectivity index (χ1n) is 6.19. The van der Waals surface area contributed by atoms with Crippen LogP contribution < -0.4 is 10.0 Å². The molecule has 110 valence electrons. The van der Waals surface area contributed by atoms with E-state index in [1.54, 1.807) is 26.2 Å². The van der Waals surface area contributed by atoms with E-state index >= 15 is 0 Å². The van der Waals surface area contributed by atoms with E-state index < -0.39 is 10.0 Å². The van der Waals surface area contributed by atoms with Gasteiger partial charge in [0, 0.05) is 29.5 Å². The standard InChI is InChI=1S/C12H18N4O2S2/c1-8-5-15-12(19-8)9(2)16-20(17,18)11-4-10(6-13-3)14-7-11/h4-5,7,9,13-14,16H,6H2,1-3H3. The summed E-state index contributed by atoms with van der Waals surface area (Å²) in [5, 5.41) is 3.72. The molecule has 1 atom stereocenters. The summed E-state index contributed by atoms with van der Waals surface area (Å²) in [5.41, 5.74) is 0.825. The van der Waals surface area contributed by atoms with Crippen molar-refractivity contribution in [1.82, 2.24) is 20.0 Å². The third kappa shape index (κ3) is 3.45. The van der Waals surface area contributed by atoms with Gasteiger partial charge in [-0.2, -0.15) is 0 Å². The highest BCUT2D eigenvalue weighted by Crippen LogP contribution is 2.21. The molecule has 0 saturated heterocycles. The Morgan fingerprint density at radius 1 is 1.50 bits per heavy atom. The zero-order valence-corrected chi connectivity index (χ0v) is 13.2. The van der Waals surface area contributed by atoms with Gasteiger partial charge < -0.3 is 10.3 Å². The number of sulfonamides is 1. The lowest BCUT2D eigenvalue weighted by molar-refractivity contribution is 0.566. The molecule has 0 saturated carbocycles. The summed E-state index contributed by atoms with van der Waals surface area (Å²) < 4.78 is 27.2. The number of aryl methyl sites for hydroxylation is 1. The van der Waals surface area contributed by atoms with Gasteiger partial charge in [-0.3, -0.25) is 0 Å².